The average Bonchev–Trinajstić information content (AvgIpc) is 3.95. The molecule has 0 radical (unpaired) electrons. The standard InChI is InChI=1S/C62H39NO2/c1-3-16-50-42(11-1)13-10-20-51(50)46-15-9-14-44(37-46)40-23-30-48(31-24-40)63(49-32-25-41(26-33-49)45-28-35-60-56(38-45)54-19-6-8-22-59(54)64-60)58-21-7-5-17-52(58)47-29-36-61-57(39-47)55-34-27-43-12-2-4-18-53(43)62(55)65-61/h1-39H. The van der Waals surface area contributed by atoms with Gasteiger partial charge in [-0.2, -0.15) is 0 Å². The molecule has 0 saturated carbocycles. The molecule has 0 spiro atoms. The average molecular weight is 830 g/mol. The second kappa shape index (κ2) is 15.0. The van der Waals surface area contributed by atoms with Crippen LogP contribution in [0.2, 0.25) is 0 Å². The molecule has 2 aromatic heterocycles. The summed E-state index contributed by atoms with van der Waals surface area (Å²) in [6.45, 7) is 0. The van der Waals surface area contributed by atoms with E-state index in [9.17, 15) is 0 Å². The van der Waals surface area contributed by atoms with Gasteiger partial charge in [0.15, 0.2) is 0 Å². The lowest BCUT2D eigenvalue weighted by molar-refractivity contribution is 0.669. The van der Waals surface area contributed by atoms with Gasteiger partial charge in [-0.05, 0) is 128 Å². The van der Waals surface area contributed by atoms with E-state index in [-0.39, 0.29) is 0 Å². The number of rotatable bonds is 7. The highest BCUT2D eigenvalue weighted by molar-refractivity contribution is 6.16. The molecule has 0 unspecified atom stereocenters. The van der Waals surface area contributed by atoms with Crippen molar-refractivity contribution in [3.63, 3.8) is 0 Å². The Kier molecular flexibility index (Phi) is 8.53. The lowest BCUT2D eigenvalue weighted by atomic mass is 9.95. The Morgan fingerprint density at radius 2 is 0.769 bits per heavy atom. The van der Waals surface area contributed by atoms with Gasteiger partial charge < -0.3 is 13.7 Å². The first-order chi connectivity index (χ1) is 32.2. The first-order valence-corrected chi connectivity index (χ1v) is 22.1. The van der Waals surface area contributed by atoms with Crippen LogP contribution in [0.3, 0.4) is 0 Å². The third-order valence-corrected chi connectivity index (χ3v) is 13.1. The van der Waals surface area contributed by atoms with Gasteiger partial charge in [0, 0.05) is 43.9 Å². The fourth-order valence-corrected chi connectivity index (χ4v) is 9.87. The molecule has 13 aromatic rings. The van der Waals surface area contributed by atoms with Gasteiger partial charge >= 0.3 is 0 Å². The molecule has 0 N–H and O–H groups in total. The molecular weight excluding hydrogens is 791 g/mol. The number of fused-ring (bicyclic) bond motifs is 9. The largest absolute Gasteiger partial charge is 0.456 e. The summed E-state index contributed by atoms with van der Waals surface area (Å²) in [5.41, 5.74) is 16.1. The maximum atomic E-state index is 6.54. The zero-order valence-corrected chi connectivity index (χ0v) is 35.3. The van der Waals surface area contributed by atoms with Gasteiger partial charge in [0.05, 0.1) is 5.69 Å². The van der Waals surface area contributed by atoms with E-state index in [4.69, 9.17) is 8.83 Å². The zero-order chi connectivity index (χ0) is 42.8. The fraction of sp³-hybridized carbons (Fsp3) is 0. The van der Waals surface area contributed by atoms with Crippen LogP contribution in [0, 0.1) is 0 Å². The van der Waals surface area contributed by atoms with Crippen molar-refractivity contribution in [3.05, 3.63) is 237 Å². The number of anilines is 3. The maximum absolute atomic E-state index is 6.54. The van der Waals surface area contributed by atoms with Gasteiger partial charge in [-0.3, -0.25) is 0 Å². The first-order valence-electron chi connectivity index (χ1n) is 22.1. The number of nitrogens with zero attached hydrogens (tertiary/aromatic N) is 1. The van der Waals surface area contributed by atoms with Crippen molar-refractivity contribution < 1.29 is 8.83 Å². The van der Waals surface area contributed by atoms with Gasteiger partial charge in [-0.25, -0.2) is 0 Å². The Morgan fingerprint density at radius 3 is 1.57 bits per heavy atom. The van der Waals surface area contributed by atoms with E-state index in [1.807, 2.05) is 12.1 Å². The number of hydrogen-bond acceptors (Lipinski definition) is 3. The summed E-state index contributed by atoms with van der Waals surface area (Å²) in [6.07, 6.45) is 0. The van der Waals surface area contributed by atoms with Crippen molar-refractivity contribution in [1.29, 1.82) is 0 Å². The Bertz CT molecular complexity index is 3940. The van der Waals surface area contributed by atoms with Crippen LogP contribution in [0.15, 0.2) is 245 Å². The van der Waals surface area contributed by atoms with Crippen LogP contribution in [-0.4, -0.2) is 0 Å². The summed E-state index contributed by atoms with van der Waals surface area (Å²) >= 11 is 0. The first kappa shape index (κ1) is 36.9. The third-order valence-electron chi connectivity index (χ3n) is 13.1. The minimum Gasteiger partial charge on any atom is -0.456 e. The molecule has 0 bridgehead atoms. The van der Waals surface area contributed by atoms with Crippen LogP contribution < -0.4 is 4.90 Å². The summed E-state index contributed by atoms with van der Waals surface area (Å²) < 4.78 is 12.7. The number of benzene rings is 11. The highest BCUT2D eigenvalue weighted by Crippen LogP contribution is 2.44. The van der Waals surface area contributed by atoms with Gasteiger partial charge in [-0.1, -0.05) is 164 Å². The predicted molar refractivity (Wildman–Crippen MR) is 272 cm³/mol. The van der Waals surface area contributed by atoms with Crippen LogP contribution in [0.1, 0.15) is 0 Å². The highest BCUT2D eigenvalue weighted by Gasteiger charge is 2.20. The summed E-state index contributed by atoms with van der Waals surface area (Å²) in [6, 6.07) is 84.9. The summed E-state index contributed by atoms with van der Waals surface area (Å²) in [5.74, 6) is 0. The molecule has 0 amide bonds. The number of para-hydroxylation sites is 2. The van der Waals surface area contributed by atoms with Crippen LogP contribution in [-0.2, 0) is 0 Å². The molecule has 3 heteroatoms. The number of furan rings is 2. The summed E-state index contributed by atoms with van der Waals surface area (Å²) in [4.78, 5) is 2.38. The maximum Gasteiger partial charge on any atom is 0.143 e. The fourth-order valence-electron chi connectivity index (χ4n) is 9.87. The van der Waals surface area contributed by atoms with Gasteiger partial charge in [-0.15, -0.1) is 0 Å². The Balaban J connectivity index is 0.924. The van der Waals surface area contributed by atoms with Crippen molar-refractivity contribution in [1.82, 2.24) is 0 Å². The van der Waals surface area contributed by atoms with E-state index in [1.54, 1.807) is 0 Å². The SMILES string of the molecule is c1cc(-c2ccc(N(c3ccc(-c4ccc5oc6ccccc6c5c4)cc3)c3ccccc3-c3ccc4oc5c6ccccc6ccc5c4c3)cc2)cc(-c2cccc3ccccc23)c1. The zero-order valence-electron chi connectivity index (χ0n) is 35.3. The lowest BCUT2D eigenvalue weighted by Gasteiger charge is -2.28. The molecule has 3 nitrogen and oxygen atoms in total. The van der Waals surface area contributed by atoms with E-state index in [0.717, 1.165) is 94.1 Å². The molecule has 65 heavy (non-hydrogen) atoms. The quantitative estimate of drug-likeness (QED) is 0.160. The van der Waals surface area contributed by atoms with Crippen molar-refractivity contribution in [3.8, 4) is 44.5 Å². The van der Waals surface area contributed by atoms with E-state index < -0.39 is 0 Å². The van der Waals surface area contributed by atoms with Crippen molar-refractivity contribution in [2.45, 2.75) is 0 Å². The van der Waals surface area contributed by atoms with E-state index in [0.29, 0.717) is 0 Å². The molecule has 0 saturated heterocycles. The molecular formula is C62H39NO2. The normalized spacial score (nSPS) is 11.7. The van der Waals surface area contributed by atoms with Gasteiger partial charge in [0.1, 0.15) is 22.3 Å². The smallest absolute Gasteiger partial charge is 0.143 e. The molecule has 13 rings (SSSR count). The van der Waals surface area contributed by atoms with Crippen LogP contribution in [0.5, 0.6) is 0 Å². The third kappa shape index (κ3) is 6.28. The number of hydrogen-bond donors (Lipinski definition) is 0. The van der Waals surface area contributed by atoms with E-state index in [2.05, 4.69) is 229 Å². The lowest BCUT2D eigenvalue weighted by Crippen LogP contribution is -2.11. The molecule has 304 valence electrons. The van der Waals surface area contributed by atoms with Crippen LogP contribution in [0.25, 0.3) is 110 Å². The summed E-state index contributed by atoms with van der Waals surface area (Å²) in [5, 5.41) is 9.27. The van der Waals surface area contributed by atoms with E-state index >= 15 is 0 Å². The molecule has 0 aliphatic heterocycles. The van der Waals surface area contributed by atoms with Gasteiger partial charge in [0.2, 0.25) is 0 Å². The second-order valence-electron chi connectivity index (χ2n) is 16.8. The minimum atomic E-state index is 0.881. The summed E-state index contributed by atoms with van der Waals surface area (Å²) in [7, 11) is 0. The van der Waals surface area contributed by atoms with Crippen molar-refractivity contribution in [2.24, 2.45) is 0 Å². The molecule has 0 fully saturated rings. The Hall–Kier alpha value is -8.66. The van der Waals surface area contributed by atoms with Crippen molar-refractivity contribution >= 4 is 82.5 Å². The molecule has 11 aromatic carbocycles. The molecule has 2 heterocycles. The van der Waals surface area contributed by atoms with Crippen LogP contribution in [0.4, 0.5) is 17.1 Å². The van der Waals surface area contributed by atoms with E-state index in [1.165, 1.54) is 32.8 Å². The molecule has 0 aliphatic carbocycles. The van der Waals surface area contributed by atoms with Gasteiger partial charge in [0.25, 0.3) is 0 Å². The molecule has 0 atom stereocenters. The van der Waals surface area contributed by atoms with Crippen LogP contribution >= 0.6 is 0 Å². The second-order valence-corrected chi connectivity index (χ2v) is 16.8. The topological polar surface area (TPSA) is 29.5 Å². The Labute approximate surface area is 375 Å². The monoisotopic (exact) mass is 829 g/mol. The van der Waals surface area contributed by atoms with Crippen molar-refractivity contribution in [2.75, 3.05) is 4.90 Å². The minimum absolute atomic E-state index is 0.881. The molecule has 0 aliphatic rings. The Morgan fingerprint density at radius 1 is 0.262 bits per heavy atom. The predicted octanol–water partition coefficient (Wildman–Crippen LogP) is 17.9. The highest BCUT2D eigenvalue weighted by atomic mass is 16.3.